The SMILES string of the molecule is N#Cc1ccccc1C1CCN(C(=O)c2cc(C3CC3)n(C3CCN(C(=O)Nc4ccccc4F)CC3)n2)C1. The van der Waals surface area contributed by atoms with E-state index in [9.17, 15) is 19.2 Å². The first-order chi connectivity index (χ1) is 19.0. The van der Waals surface area contributed by atoms with Crippen LogP contribution in [0.4, 0.5) is 14.9 Å². The van der Waals surface area contributed by atoms with Crippen molar-refractivity contribution >= 4 is 17.6 Å². The Hall–Kier alpha value is -4.19. The van der Waals surface area contributed by atoms with Gasteiger partial charge < -0.3 is 15.1 Å². The highest BCUT2D eigenvalue weighted by Crippen LogP contribution is 2.42. The number of hydrogen-bond acceptors (Lipinski definition) is 4. The van der Waals surface area contributed by atoms with Gasteiger partial charge >= 0.3 is 6.03 Å². The normalized spacial score (nSPS) is 19.6. The van der Waals surface area contributed by atoms with E-state index in [4.69, 9.17) is 5.10 Å². The number of rotatable bonds is 5. The summed E-state index contributed by atoms with van der Waals surface area (Å²) in [6, 6.07) is 17.8. The van der Waals surface area contributed by atoms with Crippen LogP contribution in [-0.4, -0.2) is 57.7 Å². The van der Waals surface area contributed by atoms with Crippen LogP contribution in [0.25, 0.3) is 0 Å². The van der Waals surface area contributed by atoms with Crippen LogP contribution in [0.3, 0.4) is 0 Å². The van der Waals surface area contributed by atoms with Gasteiger partial charge in [-0.25, -0.2) is 9.18 Å². The van der Waals surface area contributed by atoms with Gasteiger partial charge in [-0.05, 0) is 61.9 Å². The predicted octanol–water partition coefficient (Wildman–Crippen LogP) is 5.27. The molecule has 9 heteroatoms. The molecule has 1 saturated carbocycles. The molecule has 2 saturated heterocycles. The maximum atomic E-state index is 14.0. The number of carbonyl (C=O) groups excluding carboxylic acids is 2. The molecule has 1 unspecified atom stereocenters. The molecule has 2 aromatic carbocycles. The number of benzene rings is 2. The zero-order valence-electron chi connectivity index (χ0n) is 21.7. The van der Waals surface area contributed by atoms with E-state index in [2.05, 4.69) is 11.4 Å². The largest absolute Gasteiger partial charge is 0.337 e. The van der Waals surface area contributed by atoms with E-state index in [0.717, 1.165) is 43.4 Å². The van der Waals surface area contributed by atoms with Crippen molar-refractivity contribution in [3.63, 3.8) is 0 Å². The summed E-state index contributed by atoms with van der Waals surface area (Å²) in [5.74, 6) is 0.0568. The van der Waals surface area contributed by atoms with Crippen molar-refractivity contribution in [2.24, 2.45) is 0 Å². The van der Waals surface area contributed by atoms with E-state index in [-0.39, 0.29) is 29.6 Å². The molecule has 8 nitrogen and oxygen atoms in total. The number of urea groups is 1. The second-order valence-electron chi connectivity index (χ2n) is 10.7. The smallest absolute Gasteiger partial charge is 0.321 e. The fraction of sp³-hybridized carbons (Fsp3) is 0.400. The van der Waals surface area contributed by atoms with Crippen molar-refractivity contribution in [3.8, 4) is 6.07 Å². The van der Waals surface area contributed by atoms with Crippen molar-refractivity contribution in [2.45, 2.75) is 50.0 Å². The molecule has 3 fully saturated rings. The van der Waals surface area contributed by atoms with Crippen LogP contribution < -0.4 is 5.32 Å². The number of nitrogens with zero attached hydrogens (tertiary/aromatic N) is 5. The molecule has 0 bridgehead atoms. The highest BCUT2D eigenvalue weighted by atomic mass is 19.1. The molecule has 3 amide bonds. The van der Waals surface area contributed by atoms with Crippen molar-refractivity contribution in [1.82, 2.24) is 19.6 Å². The first kappa shape index (κ1) is 25.1. The summed E-state index contributed by atoms with van der Waals surface area (Å²) in [5.41, 5.74) is 3.44. The topological polar surface area (TPSA) is 94.3 Å². The Bertz CT molecular complexity index is 1430. The van der Waals surface area contributed by atoms with Crippen LogP contribution in [0.15, 0.2) is 54.6 Å². The first-order valence-electron chi connectivity index (χ1n) is 13.7. The number of nitriles is 1. The fourth-order valence-electron chi connectivity index (χ4n) is 5.88. The monoisotopic (exact) mass is 526 g/mol. The average molecular weight is 527 g/mol. The number of hydrogen-bond donors (Lipinski definition) is 1. The van der Waals surface area contributed by atoms with Gasteiger partial charge in [-0.2, -0.15) is 10.4 Å². The van der Waals surface area contributed by atoms with E-state index in [1.807, 2.05) is 39.9 Å². The third-order valence-corrected chi connectivity index (χ3v) is 8.19. The zero-order chi connectivity index (χ0) is 26.9. The molecule has 0 spiro atoms. The number of aromatic nitrogens is 2. The van der Waals surface area contributed by atoms with Crippen molar-refractivity contribution in [3.05, 3.63) is 82.9 Å². The number of amides is 3. The molecule has 3 aromatic rings. The predicted molar refractivity (Wildman–Crippen MR) is 144 cm³/mol. The van der Waals surface area contributed by atoms with Gasteiger partial charge in [0.1, 0.15) is 5.82 Å². The maximum Gasteiger partial charge on any atom is 0.321 e. The number of likely N-dealkylation sites (tertiary alicyclic amines) is 2. The Kier molecular flexibility index (Phi) is 6.77. The van der Waals surface area contributed by atoms with Gasteiger partial charge in [0.25, 0.3) is 5.91 Å². The minimum absolute atomic E-state index is 0.0608. The zero-order valence-corrected chi connectivity index (χ0v) is 21.7. The molecule has 3 heterocycles. The molecule has 1 N–H and O–H groups in total. The lowest BCUT2D eigenvalue weighted by Gasteiger charge is -2.33. The van der Waals surface area contributed by atoms with E-state index < -0.39 is 5.82 Å². The summed E-state index contributed by atoms with van der Waals surface area (Å²) in [6.07, 6.45) is 4.46. The molecule has 39 heavy (non-hydrogen) atoms. The lowest BCUT2D eigenvalue weighted by atomic mass is 9.94. The van der Waals surface area contributed by atoms with E-state index in [1.165, 1.54) is 6.07 Å². The highest BCUT2D eigenvalue weighted by Gasteiger charge is 2.36. The Balaban J connectivity index is 1.12. The van der Waals surface area contributed by atoms with Crippen LogP contribution in [0.2, 0.25) is 0 Å². The van der Waals surface area contributed by atoms with Crippen LogP contribution >= 0.6 is 0 Å². The van der Waals surface area contributed by atoms with Gasteiger partial charge in [-0.1, -0.05) is 30.3 Å². The third-order valence-electron chi connectivity index (χ3n) is 8.19. The maximum absolute atomic E-state index is 14.0. The second kappa shape index (κ2) is 10.5. The van der Waals surface area contributed by atoms with E-state index in [0.29, 0.717) is 43.4 Å². The van der Waals surface area contributed by atoms with Gasteiger partial charge in [0.05, 0.1) is 23.4 Å². The fourth-order valence-corrected chi connectivity index (χ4v) is 5.88. The summed E-state index contributed by atoms with van der Waals surface area (Å²) in [6.45, 7) is 2.29. The molecule has 0 radical (unpaired) electrons. The second-order valence-corrected chi connectivity index (χ2v) is 10.7. The summed E-state index contributed by atoms with van der Waals surface area (Å²) in [7, 11) is 0. The first-order valence-corrected chi connectivity index (χ1v) is 13.7. The van der Waals surface area contributed by atoms with Crippen LogP contribution in [0.1, 0.15) is 77.3 Å². The molecular weight excluding hydrogens is 495 g/mol. The lowest BCUT2D eigenvalue weighted by Crippen LogP contribution is -2.42. The van der Waals surface area contributed by atoms with Crippen LogP contribution in [0.5, 0.6) is 0 Å². The minimum atomic E-state index is -0.456. The van der Waals surface area contributed by atoms with Crippen molar-refractivity contribution in [1.29, 1.82) is 5.26 Å². The van der Waals surface area contributed by atoms with Crippen molar-refractivity contribution < 1.29 is 14.0 Å². The van der Waals surface area contributed by atoms with Gasteiger partial charge in [0.2, 0.25) is 0 Å². The molecule has 6 rings (SSSR count). The molecule has 200 valence electrons. The highest BCUT2D eigenvalue weighted by molar-refractivity contribution is 5.93. The quantitative estimate of drug-likeness (QED) is 0.490. The number of halogens is 1. The average Bonchev–Trinajstić information content (AvgIpc) is 3.52. The Morgan fingerprint density at radius 3 is 2.38 bits per heavy atom. The Morgan fingerprint density at radius 1 is 0.923 bits per heavy atom. The van der Waals surface area contributed by atoms with Gasteiger partial charge in [-0.15, -0.1) is 0 Å². The molecule has 1 aliphatic carbocycles. The molecule has 2 aliphatic heterocycles. The lowest BCUT2D eigenvalue weighted by molar-refractivity contribution is 0.0783. The van der Waals surface area contributed by atoms with E-state index in [1.54, 1.807) is 23.1 Å². The molecular formula is C30H31FN6O2. The molecule has 3 aliphatic rings. The number of carbonyl (C=O) groups is 2. The minimum Gasteiger partial charge on any atom is -0.337 e. The summed E-state index contributed by atoms with van der Waals surface area (Å²) in [5, 5.41) is 17.0. The summed E-state index contributed by atoms with van der Waals surface area (Å²) in [4.78, 5) is 29.8. The van der Waals surface area contributed by atoms with Gasteiger partial charge in [0.15, 0.2) is 5.69 Å². The standard InChI is InChI=1S/C30H31FN6O2/c31-25-7-3-4-8-26(25)33-30(39)35-15-12-23(13-16-35)37-28(20-9-10-20)17-27(34-37)29(38)36-14-11-22(19-36)24-6-2-1-5-21(24)18-32/h1-8,17,20,22-23H,9-16,19H2,(H,33,39). The van der Waals surface area contributed by atoms with Crippen LogP contribution in [0, 0.1) is 17.1 Å². The van der Waals surface area contributed by atoms with E-state index >= 15 is 0 Å². The van der Waals surface area contributed by atoms with Crippen molar-refractivity contribution in [2.75, 3.05) is 31.5 Å². The molecule has 1 atom stereocenters. The summed E-state index contributed by atoms with van der Waals surface area (Å²) >= 11 is 0. The number of para-hydroxylation sites is 1. The third kappa shape index (κ3) is 5.11. The van der Waals surface area contributed by atoms with Gasteiger partial charge in [0, 0.05) is 43.7 Å². The van der Waals surface area contributed by atoms with Crippen LogP contribution in [-0.2, 0) is 0 Å². The number of nitrogens with one attached hydrogen (secondary N) is 1. The molecule has 1 aromatic heterocycles. The Labute approximate surface area is 227 Å². The van der Waals surface area contributed by atoms with Gasteiger partial charge in [-0.3, -0.25) is 9.48 Å². The Morgan fingerprint density at radius 2 is 1.64 bits per heavy atom. The summed E-state index contributed by atoms with van der Waals surface area (Å²) < 4.78 is 16.0. The number of piperidine rings is 1. The number of anilines is 1.